The normalized spacial score (nSPS) is 24.5. The van der Waals surface area contributed by atoms with Crippen molar-refractivity contribution in [2.45, 2.75) is 58.3 Å². The third-order valence-corrected chi connectivity index (χ3v) is 7.89. The number of hydrogen-bond acceptors (Lipinski definition) is 5. The summed E-state index contributed by atoms with van der Waals surface area (Å²) in [7, 11) is 0. The predicted octanol–water partition coefficient (Wildman–Crippen LogP) is 5.50. The van der Waals surface area contributed by atoms with Crippen molar-refractivity contribution < 1.29 is 4.74 Å². The van der Waals surface area contributed by atoms with E-state index in [9.17, 15) is 0 Å². The molecular weight excluding hydrogens is 384 g/mol. The largest absolute Gasteiger partial charge is 0.381 e. The fraction of sp³-hybridized carbons (Fsp3) is 0.615. The van der Waals surface area contributed by atoms with E-state index in [-0.39, 0.29) is 5.41 Å². The van der Waals surface area contributed by atoms with Crippen molar-refractivity contribution in [1.82, 2.24) is 9.97 Å². The van der Waals surface area contributed by atoms with E-state index in [0.717, 1.165) is 68.4 Å². The molecule has 2 aromatic rings. The molecule has 1 aliphatic carbocycles. The minimum atomic E-state index is 0.141. The average molecular weight is 421 g/mol. The lowest BCUT2D eigenvalue weighted by Crippen LogP contribution is -2.39. The highest BCUT2D eigenvalue weighted by Gasteiger charge is 2.46. The van der Waals surface area contributed by atoms with E-state index in [1.165, 1.54) is 17.5 Å². The number of pyridine rings is 2. The Morgan fingerprint density at radius 2 is 1.77 bits per heavy atom. The molecule has 0 radical (unpaired) electrons. The lowest BCUT2D eigenvalue weighted by molar-refractivity contribution is 0.0321. The van der Waals surface area contributed by atoms with Crippen LogP contribution < -0.4 is 10.2 Å². The fourth-order valence-corrected chi connectivity index (χ4v) is 5.56. The molecule has 2 saturated heterocycles. The van der Waals surface area contributed by atoms with Gasteiger partial charge in [0.1, 0.15) is 17.5 Å². The number of nitrogens with zero attached hydrogens (tertiary/aromatic N) is 3. The second-order valence-corrected chi connectivity index (χ2v) is 10.4. The third-order valence-electron chi connectivity index (χ3n) is 7.89. The molecule has 5 heteroatoms. The van der Waals surface area contributed by atoms with Gasteiger partial charge in [-0.1, -0.05) is 27.7 Å². The van der Waals surface area contributed by atoms with Gasteiger partial charge in [-0.25, -0.2) is 9.97 Å². The van der Waals surface area contributed by atoms with Gasteiger partial charge in [0.2, 0.25) is 0 Å². The van der Waals surface area contributed by atoms with Gasteiger partial charge < -0.3 is 15.0 Å². The molecule has 31 heavy (non-hydrogen) atoms. The van der Waals surface area contributed by atoms with Crippen molar-refractivity contribution in [1.29, 1.82) is 0 Å². The molecule has 1 saturated carbocycles. The fourth-order valence-electron chi connectivity index (χ4n) is 5.56. The van der Waals surface area contributed by atoms with Gasteiger partial charge in [-0.15, -0.1) is 0 Å². The Morgan fingerprint density at radius 1 is 1.03 bits per heavy atom. The highest BCUT2D eigenvalue weighted by atomic mass is 16.5. The first-order valence-electron chi connectivity index (χ1n) is 12.0. The molecule has 2 aromatic heterocycles. The summed E-state index contributed by atoms with van der Waals surface area (Å²) in [5.41, 5.74) is 2.83. The monoisotopic (exact) mass is 420 g/mol. The molecule has 0 spiro atoms. The minimum absolute atomic E-state index is 0.141. The van der Waals surface area contributed by atoms with Gasteiger partial charge in [-0.3, -0.25) is 0 Å². The maximum absolute atomic E-state index is 5.76. The molecule has 0 amide bonds. The SMILES string of the molecule is CC(C)c1ccnc(Nc2cc(C3(C(C)C)CCOCC3)cc(N3CC4CC4C3)n2)c1. The van der Waals surface area contributed by atoms with Crippen molar-refractivity contribution in [3.05, 3.63) is 41.6 Å². The van der Waals surface area contributed by atoms with Crippen molar-refractivity contribution >= 4 is 17.5 Å². The third kappa shape index (κ3) is 4.05. The highest BCUT2D eigenvalue weighted by Crippen LogP contribution is 2.48. The molecule has 3 fully saturated rings. The molecule has 0 bridgehead atoms. The number of hydrogen-bond donors (Lipinski definition) is 1. The molecule has 5 rings (SSSR count). The maximum Gasteiger partial charge on any atom is 0.134 e. The van der Waals surface area contributed by atoms with Crippen molar-refractivity contribution in [2.24, 2.45) is 17.8 Å². The number of anilines is 3. The van der Waals surface area contributed by atoms with Crippen LogP contribution in [0.4, 0.5) is 17.5 Å². The van der Waals surface area contributed by atoms with Gasteiger partial charge in [-0.05, 0) is 78.3 Å². The summed E-state index contributed by atoms with van der Waals surface area (Å²) in [6.07, 6.45) is 5.44. The molecular formula is C26H36N4O. The van der Waals surface area contributed by atoms with Crippen LogP contribution in [0.1, 0.15) is 64.0 Å². The van der Waals surface area contributed by atoms with Gasteiger partial charge >= 0.3 is 0 Å². The van der Waals surface area contributed by atoms with E-state index in [1.807, 2.05) is 6.20 Å². The quantitative estimate of drug-likeness (QED) is 0.668. The number of piperidine rings is 1. The Balaban J connectivity index is 1.52. The summed E-state index contributed by atoms with van der Waals surface area (Å²) < 4.78 is 5.76. The van der Waals surface area contributed by atoms with E-state index in [0.29, 0.717) is 11.8 Å². The Bertz CT molecular complexity index is 925. The molecule has 2 aliphatic heterocycles. The van der Waals surface area contributed by atoms with Crippen LogP contribution in [0.25, 0.3) is 0 Å². The van der Waals surface area contributed by atoms with Crippen molar-refractivity contribution in [2.75, 3.05) is 36.5 Å². The molecule has 4 heterocycles. The summed E-state index contributed by atoms with van der Waals surface area (Å²) in [5, 5.41) is 3.54. The van der Waals surface area contributed by atoms with Crippen molar-refractivity contribution in [3.63, 3.8) is 0 Å². The van der Waals surface area contributed by atoms with Crippen LogP contribution in [-0.4, -0.2) is 36.3 Å². The predicted molar refractivity (Wildman–Crippen MR) is 126 cm³/mol. The van der Waals surface area contributed by atoms with Gasteiger partial charge in [-0.2, -0.15) is 0 Å². The lowest BCUT2D eigenvalue weighted by atomic mass is 9.67. The van der Waals surface area contributed by atoms with Crippen molar-refractivity contribution in [3.8, 4) is 0 Å². The van der Waals surface area contributed by atoms with Crippen LogP contribution in [0.3, 0.4) is 0 Å². The van der Waals surface area contributed by atoms with Crippen LogP contribution in [0.15, 0.2) is 30.5 Å². The first-order chi connectivity index (χ1) is 14.9. The van der Waals surface area contributed by atoms with Gasteiger partial charge in [0.25, 0.3) is 0 Å². The van der Waals surface area contributed by atoms with E-state index < -0.39 is 0 Å². The number of fused-ring (bicyclic) bond motifs is 1. The summed E-state index contributed by atoms with van der Waals surface area (Å²) in [4.78, 5) is 12.1. The molecule has 166 valence electrons. The topological polar surface area (TPSA) is 50.3 Å². The van der Waals surface area contributed by atoms with Gasteiger partial charge in [0.15, 0.2) is 0 Å². The van der Waals surface area contributed by atoms with E-state index in [4.69, 9.17) is 9.72 Å². The maximum atomic E-state index is 5.76. The Hall–Kier alpha value is -2.14. The summed E-state index contributed by atoms with van der Waals surface area (Å²) in [6.45, 7) is 13.1. The standard InChI is InChI=1S/C26H36N4O/c1-17(2)19-5-8-27-23(12-19)28-24-13-22(26(18(3)4)6-9-31-10-7-26)14-25(29-24)30-15-20-11-21(20)16-30/h5,8,12-14,17-18,20-21H,6-7,9-11,15-16H2,1-4H3,(H,27,28,29). The number of nitrogens with one attached hydrogen (secondary N) is 1. The summed E-state index contributed by atoms with van der Waals surface area (Å²) in [6, 6.07) is 8.89. The lowest BCUT2D eigenvalue weighted by Gasteiger charge is -2.42. The number of rotatable bonds is 6. The van der Waals surface area contributed by atoms with E-state index >= 15 is 0 Å². The second-order valence-electron chi connectivity index (χ2n) is 10.4. The van der Waals surface area contributed by atoms with E-state index in [2.05, 4.69) is 67.2 Å². The molecule has 0 aromatic carbocycles. The van der Waals surface area contributed by atoms with Crippen LogP contribution in [0.2, 0.25) is 0 Å². The first kappa shape index (κ1) is 20.7. The zero-order chi connectivity index (χ0) is 21.6. The summed E-state index contributed by atoms with van der Waals surface area (Å²) >= 11 is 0. The average Bonchev–Trinajstić information content (AvgIpc) is 3.38. The molecule has 5 nitrogen and oxygen atoms in total. The Morgan fingerprint density at radius 3 is 2.45 bits per heavy atom. The molecule has 2 atom stereocenters. The zero-order valence-electron chi connectivity index (χ0n) is 19.4. The second kappa shape index (κ2) is 8.09. The Labute approximate surface area is 186 Å². The molecule has 2 unspecified atom stereocenters. The van der Waals surface area contributed by atoms with Crippen LogP contribution >= 0.6 is 0 Å². The summed E-state index contributed by atoms with van der Waals surface area (Å²) in [5.74, 6) is 5.69. The van der Waals surface area contributed by atoms with Crippen LogP contribution in [0, 0.1) is 17.8 Å². The first-order valence-corrected chi connectivity index (χ1v) is 12.0. The minimum Gasteiger partial charge on any atom is -0.381 e. The smallest absolute Gasteiger partial charge is 0.134 e. The zero-order valence-corrected chi connectivity index (χ0v) is 19.4. The highest BCUT2D eigenvalue weighted by molar-refractivity contribution is 5.59. The number of aromatic nitrogens is 2. The Kier molecular flexibility index (Phi) is 5.41. The van der Waals surface area contributed by atoms with Crippen LogP contribution in [-0.2, 0) is 10.2 Å². The number of ether oxygens (including phenoxy) is 1. The molecule has 3 aliphatic rings. The van der Waals surface area contributed by atoms with Crippen LogP contribution in [0.5, 0.6) is 0 Å². The van der Waals surface area contributed by atoms with Gasteiger partial charge in [0.05, 0.1) is 0 Å². The van der Waals surface area contributed by atoms with E-state index in [1.54, 1.807) is 0 Å². The molecule has 1 N–H and O–H groups in total. The van der Waals surface area contributed by atoms with Gasteiger partial charge in [0, 0.05) is 37.9 Å².